The Kier molecular flexibility index (Phi) is 3.99. The molecule has 1 aromatic heterocycles. The lowest BCUT2D eigenvalue weighted by molar-refractivity contribution is -0.140. The van der Waals surface area contributed by atoms with Gasteiger partial charge in [0.25, 0.3) is 0 Å². The maximum Gasteiger partial charge on any atom is 0.307 e. The summed E-state index contributed by atoms with van der Waals surface area (Å²) in [6, 6.07) is 0. The van der Waals surface area contributed by atoms with Crippen LogP contribution >= 0.6 is 11.8 Å². The second-order valence-electron chi connectivity index (χ2n) is 4.36. The average molecular weight is 252 g/mol. The first-order valence-corrected chi connectivity index (χ1v) is 6.85. The molecule has 17 heavy (non-hydrogen) atoms. The van der Waals surface area contributed by atoms with Crippen molar-refractivity contribution in [1.82, 2.24) is 9.97 Å². The van der Waals surface area contributed by atoms with E-state index in [1.54, 1.807) is 13.3 Å². The van der Waals surface area contributed by atoms with Crippen LogP contribution in [0.1, 0.15) is 31.0 Å². The molecule has 1 aliphatic carbocycles. The second-order valence-corrected chi connectivity index (χ2v) is 5.37. The Hall–Kier alpha value is -1.10. The zero-order valence-electron chi connectivity index (χ0n) is 9.85. The van der Waals surface area contributed by atoms with Crippen molar-refractivity contribution in [2.75, 3.05) is 5.75 Å². The van der Waals surface area contributed by atoms with Gasteiger partial charge in [0, 0.05) is 17.0 Å². The molecule has 1 aliphatic rings. The Morgan fingerprint density at radius 2 is 2.24 bits per heavy atom. The summed E-state index contributed by atoms with van der Waals surface area (Å²) in [6.07, 6.45) is 6.03. The molecule has 0 radical (unpaired) electrons. The largest absolute Gasteiger partial charge is 0.481 e. The van der Waals surface area contributed by atoms with E-state index in [0.717, 1.165) is 23.6 Å². The molecular weight excluding hydrogens is 236 g/mol. The van der Waals surface area contributed by atoms with Gasteiger partial charge >= 0.3 is 5.97 Å². The number of hydrogen-bond donors (Lipinski definition) is 1. The molecule has 0 aromatic carbocycles. The third-order valence-corrected chi connectivity index (χ3v) is 4.27. The highest BCUT2D eigenvalue weighted by Gasteiger charge is 2.17. The van der Waals surface area contributed by atoms with Crippen molar-refractivity contribution in [2.24, 2.45) is 5.92 Å². The van der Waals surface area contributed by atoms with Crippen LogP contribution in [0.2, 0.25) is 0 Å². The summed E-state index contributed by atoms with van der Waals surface area (Å²) in [4.78, 5) is 19.3. The molecule has 92 valence electrons. The SMILES string of the molecule is CC(CSc1ncnc2c1CCCC2)C(=O)O. The van der Waals surface area contributed by atoms with Crippen molar-refractivity contribution in [3.8, 4) is 0 Å². The molecule has 1 aromatic rings. The molecule has 0 aliphatic heterocycles. The van der Waals surface area contributed by atoms with Crippen LogP contribution in [-0.2, 0) is 17.6 Å². The van der Waals surface area contributed by atoms with E-state index in [1.165, 1.54) is 30.2 Å². The number of fused-ring (bicyclic) bond motifs is 1. The lowest BCUT2D eigenvalue weighted by Gasteiger charge is -2.17. The highest BCUT2D eigenvalue weighted by molar-refractivity contribution is 7.99. The summed E-state index contributed by atoms with van der Waals surface area (Å²) in [5.41, 5.74) is 2.39. The normalized spacial score (nSPS) is 16.3. The van der Waals surface area contributed by atoms with Crippen LogP contribution in [0.3, 0.4) is 0 Å². The summed E-state index contributed by atoms with van der Waals surface area (Å²) in [6.45, 7) is 1.73. The highest BCUT2D eigenvalue weighted by Crippen LogP contribution is 2.28. The summed E-state index contributed by atoms with van der Waals surface area (Å²) in [7, 11) is 0. The minimum atomic E-state index is -0.750. The first-order chi connectivity index (χ1) is 8.18. The van der Waals surface area contributed by atoms with Crippen molar-refractivity contribution in [3.63, 3.8) is 0 Å². The van der Waals surface area contributed by atoms with E-state index in [9.17, 15) is 4.79 Å². The fourth-order valence-electron chi connectivity index (χ4n) is 1.89. The number of carboxylic acids is 1. The Labute approximate surface area is 105 Å². The Balaban J connectivity index is 2.08. The van der Waals surface area contributed by atoms with Crippen LogP contribution in [-0.4, -0.2) is 26.8 Å². The molecule has 0 fully saturated rings. The smallest absolute Gasteiger partial charge is 0.307 e. The zero-order chi connectivity index (χ0) is 12.3. The van der Waals surface area contributed by atoms with E-state index >= 15 is 0 Å². The van der Waals surface area contributed by atoms with Crippen molar-refractivity contribution < 1.29 is 9.90 Å². The van der Waals surface area contributed by atoms with Gasteiger partial charge in [-0.2, -0.15) is 0 Å². The molecule has 2 rings (SSSR count). The number of rotatable bonds is 4. The zero-order valence-corrected chi connectivity index (χ0v) is 10.7. The van der Waals surface area contributed by atoms with Crippen molar-refractivity contribution in [1.29, 1.82) is 0 Å². The van der Waals surface area contributed by atoms with Crippen LogP contribution in [0.4, 0.5) is 0 Å². The van der Waals surface area contributed by atoms with Gasteiger partial charge in [-0.1, -0.05) is 6.92 Å². The molecule has 1 heterocycles. The molecule has 1 N–H and O–H groups in total. The maximum atomic E-state index is 10.8. The van der Waals surface area contributed by atoms with Gasteiger partial charge in [-0.05, 0) is 25.7 Å². The number of aromatic nitrogens is 2. The Bertz CT molecular complexity index is 423. The molecule has 0 spiro atoms. The summed E-state index contributed by atoms with van der Waals surface area (Å²) in [5.74, 6) is -0.520. The number of aliphatic carboxylic acids is 1. The van der Waals surface area contributed by atoms with Crippen LogP contribution in [0, 0.1) is 5.92 Å². The van der Waals surface area contributed by atoms with Gasteiger partial charge < -0.3 is 5.11 Å². The molecule has 4 nitrogen and oxygen atoms in total. The van der Waals surface area contributed by atoms with Gasteiger partial charge in [-0.15, -0.1) is 11.8 Å². The molecular formula is C12H16N2O2S. The number of carbonyl (C=O) groups is 1. The summed E-state index contributed by atoms with van der Waals surface area (Å²) in [5, 5.41) is 9.83. The van der Waals surface area contributed by atoms with E-state index < -0.39 is 5.97 Å². The second kappa shape index (κ2) is 5.49. The Morgan fingerprint density at radius 1 is 1.47 bits per heavy atom. The van der Waals surface area contributed by atoms with Crippen LogP contribution in [0.25, 0.3) is 0 Å². The van der Waals surface area contributed by atoms with E-state index in [-0.39, 0.29) is 5.92 Å². The molecule has 0 amide bonds. The van der Waals surface area contributed by atoms with Crippen molar-refractivity contribution in [2.45, 2.75) is 37.6 Å². The fourth-order valence-corrected chi connectivity index (χ4v) is 2.96. The number of hydrogen-bond acceptors (Lipinski definition) is 4. The van der Waals surface area contributed by atoms with Crippen LogP contribution < -0.4 is 0 Å². The van der Waals surface area contributed by atoms with Crippen molar-refractivity contribution >= 4 is 17.7 Å². The van der Waals surface area contributed by atoms with E-state index in [0.29, 0.717) is 5.75 Å². The van der Waals surface area contributed by atoms with Gasteiger partial charge in [0.1, 0.15) is 11.4 Å². The predicted octanol–water partition coefficient (Wildman–Crippen LogP) is 2.17. The van der Waals surface area contributed by atoms with Gasteiger partial charge in [0.2, 0.25) is 0 Å². The highest BCUT2D eigenvalue weighted by atomic mass is 32.2. The van der Waals surface area contributed by atoms with Crippen molar-refractivity contribution in [3.05, 3.63) is 17.6 Å². The lowest BCUT2D eigenvalue weighted by atomic mass is 9.98. The van der Waals surface area contributed by atoms with Crippen LogP contribution in [0.5, 0.6) is 0 Å². The number of aryl methyl sites for hydroxylation is 1. The number of thioether (sulfide) groups is 1. The van der Waals surface area contributed by atoms with Gasteiger partial charge in [0.15, 0.2) is 0 Å². The third kappa shape index (κ3) is 2.97. The lowest BCUT2D eigenvalue weighted by Crippen LogP contribution is -2.13. The number of nitrogens with zero attached hydrogens (tertiary/aromatic N) is 2. The molecule has 0 saturated carbocycles. The van der Waals surface area contributed by atoms with Gasteiger partial charge in [-0.25, -0.2) is 9.97 Å². The molecule has 1 unspecified atom stereocenters. The fraction of sp³-hybridized carbons (Fsp3) is 0.583. The standard InChI is InChI=1S/C12H16N2O2S/c1-8(12(15)16)6-17-11-9-4-2-3-5-10(9)13-7-14-11/h7-8H,2-6H2,1H3,(H,15,16). The molecule has 0 bridgehead atoms. The summed E-state index contributed by atoms with van der Waals surface area (Å²) < 4.78 is 0. The van der Waals surface area contributed by atoms with Gasteiger partial charge in [0.05, 0.1) is 5.92 Å². The first kappa shape index (κ1) is 12.4. The minimum Gasteiger partial charge on any atom is -0.481 e. The van der Waals surface area contributed by atoms with E-state index in [2.05, 4.69) is 9.97 Å². The molecule has 1 atom stereocenters. The summed E-state index contributed by atoms with van der Waals surface area (Å²) >= 11 is 1.54. The molecule has 0 saturated heterocycles. The van der Waals surface area contributed by atoms with E-state index in [1.807, 2.05) is 0 Å². The van der Waals surface area contributed by atoms with Crippen LogP contribution in [0.15, 0.2) is 11.4 Å². The first-order valence-electron chi connectivity index (χ1n) is 5.87. The maximum absolute atomic E-state index is 10.8. The monoisotopic (exact) mass is 252 g/mol. The van der Waals surface area contributed by atoms with E-state index in [4.69, 9.17) is 5.11 Å². The Morgan fingerprint density at radius 3 is 3.00 bits per heavy atom. The molecule has 5 heteroatoms. The number of carboxylic acid groups (broad SMARTS) is 1. The quantitative estimate of drug-likeness (QED) is 0.657. The third-order valence-electron chi connectivity index (χ3n) is 2.98. The van der Waals surface area contributed by atoms with Gasteiger partial charge in [-0.3, -0.25) is 4.79 Å². The minimum absolute atomic E-state index is 0.339. The topological polar surface area (TPSA) is 63.1 Å². The predicted molar refractivity (Wildman–Crippen MR) is 66.2 cm³/mol. The average Bonchev–Trinajstić information content (AvgIpc) is 2.35.